The lowest BCUT2D eigenvalue weighted by molar-refractivity contribution is 0.0600. The fourth-order valence-corrected chi connectivity index (χ4v) is 2.86. The van der Waals surface area contributed by atoms with Crippen LogP contribution in [0.2, 0.25) is 0 Å². The van der Waals surface area contributed by atoms with Gasteiger partial charge in [0.15, 0.2) is 4.96 Å². The summed E-state index contributed by atoms with van der Waals surface area (Å²) in [5.41, 5.74) is 2.41. The summed E-state index contributed by atoms with van der Waals surface area (Å²) in [6.07, 6.45) is 1.71. The zero-order valence-electron chi connectivity index (χ0n) is 12.0. The van der Waals surface area contributed by atoms with Crippen molar-refractivity contribution in [3.8, 4) is 0 Å². The summed E-state index contributed by atoms with van der Waals surface area (Å²) in [5.74, 6) is -0.705. The van der Waals surface area contributed by atoms with Crippen LogP contribution in [-0.4, -0.2) is 28.4 Å². The molecule has 22 heavy (non-hydrogen) atoms. The lowest BCUT2D eigenvalue weighted by Gasteiger charge is -2.04. The van der Waals surface area contributed by atoms with Crippen LogP contribution in [0.5, 0.6) is 0 Å². The molecular weight excluding hydrogens is 302 g/mol. The van der Waals surface area contributed by atoms with Gasteiger partial charge in [-0.05, 0) is 31.2 Å². The van der Waals surface area contributed by atoms with Crippen LogP contribution in [0.25, 0.3) is 4.96 Å². The van der Waals surface area contributed by atoms with E-state index in [0.29, 0.717) is 16.9 Å². The largest absolute Gasteiger partial charge is 0.465 e. The van der Waals surface area contributed by atoms with Crippen molar-refractivity contribution in [1.29, 1.82) is 0 Å². The normalized spacial score (nSPS) is 10.6. The van der Waals surface area contributed by atoms with E-state index in [0.717, 1.165) is 10.7 Å². The topological polar surface area (TPSA) is 72.7 Å². The minimum absolute atomic E-state index is 0.291. The first-order valence-electron chi connectivity index (χ1n) is 6.51. The number of fused-ring (bicyclic) bond motifs is 1. The molecule has 0 bridgehead atoms. The minimum Gasteiger partial charge on any atom is -0.465 e. The average Bonchev–Trinajstić information content (AvgIpc) is 3.10. The molecule has 3 rings (SSSR count). The standard InChI is InChI=1S/C15H13N3O3S/c1-9-8-22-15-17-12(7-18(9)15)13(19)16-11-5-3-10(4-6-11)14(20)21-2/h3-8H,1-2H3,(H,16,19). The van der Waals surface area contributed by atoms with Crippen LogP contribution < -0.4 is 5.32 Å². The number of carbonyl (C=O) groups is 2. The number of nitrogens with one attached hydrogen (secondary N) is 1. The first kappa shape index (κ1) is 14.3. The summed E-state index contributed by atoms with van der Waals surface area (Å²) in [7, 11) is 1.32. The number of aryl methyl sites for hydroxylation is 1. The smallest absolute Gasteiger partial charge is 0.337 e. The number of carbonyl (C=O) groups excluding carboxylic acids is 2. The lowest BCUT2D eigenvalue weighted by Crippen LogP contribution is -2.12. The van der Waals surface area contributed by atoms with E-state index in [1.165, 1.54) is 18.4 Å². The first-order chi connectivity index (χ1) is 10.6. The molecule has 6 nitrogen and oxygen atoms in total. The van der Waals surface area contributed by atoms with Gasteiger partial charge in [0.1, 0.15) is 5.69 Å². The number of nitrogens with zero attached hydrogens (tertiary/aromatic N) is 2. The van der Waals surface area contributed by atoms with Crippen molar-refractivity contribution in [2.45, 2.75) is 6.92 Å². The molecule has 0 aliphatic rings. The van der Waals surface area contributed by atoms with Gasteiger partial charge in [0.2, 0.25) is 0 Å². The van der Waals surface area contributed by atoms with Crippen LogP contribution in [0.15, 0.2) is 35.8 Å². The van der Waals surface area contributed by atoms with Gasteiger partial charge in [0.05, 0.1) is 12.7 Å². The Morgan fingerprint density at radius 3 is 2.64 bits per heavy atom. The summed E-state index contributed by atoms with van der Waals surface area (Å²) in [6, 6.07) is 6.48. The third-order valence-corrected chi connectivity index (χ3v) is 4.14. The molecule has 2 aromatic heterocycles. The number of anilines is 1. The van der Waals surface area contributed by atoms with Crippen molar-refractivity contribution < 1.29 is 14.3 Å². The molecule has 112 valence electrons. The second kappa shape index (κ2) is 5.61. The molecule has 0 radical (unpaired) electrons. The molecular formula is C15H13N3O3S. The van der Waals surface area contributed by atoms with E-state index in [1.54, 1.807) is 30.5 Å². The molecule has 3 aromatic rings. The number of benzene rings is 1. The number of aromatic nitrogens is 2. The minimum atomic E-state index is -0.414. The number of esters is 1. The van der Waals surface area contributed by atoms with Crippen LogP contribution in [0.3, 0.4) is 0 Å². The molecule has 0 unspecified atom stereocenters. The molecule has 0 aliphatic heterocycles. The number of methoxy groups -OCH3 is 1. The van der Waals surface area contributed by atoms with E-state index in [9.17, 15) is 9.59 Å². The Bertz CT molecular complexity index is 849. The summed E-state index contributed by atoms with van der Waals surface area (Å²) in [4.78, 5) is 28.6. The zero-order valence-corrected chi connectivity index (χ0v) is 12.8. The Morgan fingerprint density at radius 1 is 1.27 bits per heavy atom. The van der Waals surface area contributed by atoms with E-state index in [4.69, 9.17) is 0 Å². The highest BCUT2D eigenvalue weighted by Crippen LogP contribution is 2.17. The van der Waals surface area contributed by atoms with Crippen molar-refractivity contribution in [1.82, 2.24) is 9.38 Å². The zero-order chi connectivity index (χ0) is 15.7. The summed E-state index contributed by atoms with van der Waals surface area (Å²) in [6.45, 7) is 1.96. The molecule has 1 amide bonds. The predicted octanol–water partition coefficient (Wildman–Crippen LogP) is 2.74. The molecule has 0 saturated heterocycles. The lowest BCUT2D eigenvalue weighted by atomic mass is 10.2. The fraction of sp³-hybridized carbons (Fsp3) is 0.133. The Labute approximate surface area is 130 Å². The van der Waals surface area contributed by atoms with Crippen molar-refractivity contribution in [3.63, 3.8) is 0 Å². The van der Waals surface area contributed by atoms with Gasteiger partial charge in [0, 0.05) is 23.0 Å². The number of hydrogen-bond acceptors (Lipinski definition) is 5. The third-order valence-electron chi connectivity index (χ3n) is 3.18. The number of rotatable bonds is 3. The first-order valence-corrected chi connectivity index (χ1v) is 7.39. The SMILES string of the molecule is COC(=O)c1ccc(NC(=O)c2cn3c(C)csc3n2)cc1. The highest BCUT2D eigenvalue weighted by atomic mass is 32.1. The molecule has 0 spiro atoms. The van der Waals surface area contributed by atoms with Crippen LogP contribution >= 0.6 is 11.3 Å². The van der Waals surface area contributed by atoms with Gasteiger partial charge < -0.3 is 10.1 Å². The molecule has 0 saturated carbocycles. The Kier molecular flexibility index (Phi) is 3.64. The van der Waals surface area contributed by atoms with Gasteiger partial charge in [-0.1, -0.05) is 0 Å². The molecule has 2 heterocycles. The summed E-state index contributed by atoms with van der Waals surface area (Å²) in [5, 5.41) is 4.73. The van der Waals surface area contributed by atoms with E-state index < -0.39 is 5.97 Å². The number of hydrogen-bond donors (Lipinski definition) is 1. The number of imidazole rings is 1. The monoisotopic (exact) mass is 315 g/mol. The van der Waals surface area contributed by atoms with Gasteiger partial charge in [-0.2, -0.15) is 0 Å². The van der Waals surface area contributed by atoms with Crippen LogP contribution in [0.4, 0.5) is 5.69 Å². The summed E-state index contributed by atoms with van der Waals surface area (Å²) < 4.78 is 6.50. The predicted molar refractivity (Wildman–Crippen MR) is 83.5 cm³/mol. The molecule has 0 aliphatic carbocycles. The number of amides is 1. The quantitative estimate of drug-likeness (QED) is 0.754. The van der Waals surface area contributed by atoms with E-state index in [-0.39, 0.29) is 5.91 Å². The van der Waals surface area contributed by atoms with Gasteiger partial charge in [-0.3, -0.25) is 9.20 Å². The Hall–Kier alpha value is -2.67. The highest BCUT2D eigenvalue weighted by molar-refractivity contribution is 7.15. The van der Waals surface area contributed by atoms with Crippen molar-refractivity contribution >= 4 is 33.9 Å². The Balaban J connectivity index is 1.77. The highest BCUT2D eigenvalue weighted by Gasteiger charge is 2.13. The van der Waals surface area contributed by atoms with Crippen LogP contribution in [-0.2, 0) is 4.74 Å². The van der Waals surface area contributed by atoms with Gasteiger partial charge in [-0.25, -0.2) is 9.78 Å². The Morgan fingerprint density at radius 2 is 2.00 bits per heavy atom. The van der Waals surface area contributed by atoms with E-state index in [1.807, 2.05) is 16.7 Å². The molecule has 0 fully saturated rings. The third kappa shape index (κ3) is 2.58. The van der Waals surface area contributed by atoms with Crippen LogP contribution in [0.1, 0.15) is 26.5 Å². The molecule has 0 atom stereocenters. The second-order valence-corrected chi connectivity index (χ2v) is 5.52. The van der Waals surface area contributed by atoms with Gasteiger partial charge in [-0.15, -0.1) is 11.3 Å². The molecule has 7 heteroatoms. The second-order valence-electron chi connectivity index (χ2n) is 4.68. The molecule has 1 aromatic carbocycles. The van der Waals surface area contributed by atoms with Crippen molar-refractivity contribution in [3.05, 3.63) is 52.8 Å². The number of ether oxygens (including phenoxy) is 1. The summed E-state index contributed by atoms with van der Waals surface area (Å²) >= 11 is 1.49. The van der Waals surface area contributed by atoms with E-state index in [2.05, 4.69) is 15.0 Å². The maximum absolute atomic E-state index is 12.2. The van der Waals surface area contributed by atoms with Crippen LogP contribution in [0, 0.1) is 6.92 Å². The fourth-order valence-electron chi connectivity index (χ4n) is 2.01. The maximum atomic E-state index is 12.2. The van der Waals surface area contributed by atoms with Crippen molar-refractivity contribution in [2.75, 3.05) is 12.4 Å². The van der Waals surface area contributed by atoms with Crippen molar-refractivity contribution in [2.24, 2.45) is 0 Å². The van der Waals surface area contributed by atoms with E-state index >= 15 is 0 Å². The molecule has 1 N–H and O–H groups in total. The van der Waals surface area contributed by atoms with Gasteiger partial charge >= 0.3 is 5.97 Å². The number of thiazole rings is 1. The maximum Gasteiger partial charge on any atom is 0.337 e. The van der Waals surface area contributed by atoms with Gasteiger partial charge in [0.25, 0.3) is 5.91 Å². The average molecular weight is 315 g/mol.